The molecule has 226 valence electrons. The molecule has 6 unspecified atom stereocenters. The van der Waals surface area contributed by atoms with Crippen LogP contribution in [0.3, 0.4) is 0 Å². The first-order chi connectivity index (χ1) is 20.1. The fraction of sp³-hybridized carbons (Fsp3) is 0.464. The molecule has 13 nitrogen and oxygen atoms in total. The molecule has 4 rings (SSSR count). The Labute approximate surface area is 243 Å². The van der Waals surface area contributed by atoms with Gasteiger partial charge in [-0.25, -0.2) is 9.08 Å². The number of carbonyl (C=O) groups is 1. The summed E-state index contributed by atoms with van der Waals surface area (Å²) in [6.07, 6.45) is -1.56. The minimum Gasteiger partial charge on any atom is -0.464 e. The number of nitrogens with two attached hydrogens (primary N) is 1. The van der Waals surface area contributed by atoms with E-state index in [0.29, 0.717) is 11.2 Å². The summed E-state index contributed by atoms with van der Waals surface area (Å²) in [7, 11) is -4.31. The topological polar surface area (TPSA) is 191 Å². The van der Waals surface area contributed by atoms with E-state index in [4.69, 9.17) is 24.3 Å². The van der Waals surface area contributed by atoms with Gasteiger partial charge in [-0.2, -0.15) is 15.4 Å². The van der Waals surface area contributed by atoms with Crippen LogP contribution in [0.4, 0.5) is 5.69 Å². The van der Waals surface area contributed by atoms with Gasteiger partial charge in [-0.1, -0.05) is 44.9 Å². The van der Waals surface area contributed by atoms with Gasteiger partial charge in [-0.3, -0.25) is 9.32 Å². The summed E-state index contributed by atoms with van der Waals surface area (Å²) < 4.78 is 37.9. The Morgan fingerprint density at radius 2 is 1.95 bits per heavy atom. The molecule has 1 aromatic carbocycles. The Kier molecular flexibility index (Phi) is 9.89. The monoisotopic (exact) mass is 601 g/mol. The zero-order valence-electron chi connectivity index (χ0n) is 23.6. The average Bonchev–Trinajstić information content (AvgIpc) is 3.53. The summed E-state index contributed by atoms with van der Waals surface area (Å²) in [5, 5.41) is 38.8. The molecule has 6 atom stereocenters. The maximum Gasteiger partial charge on any atom is 0.459 e. The van der Waals surface area contributed by atoms with Gasteiger partial charge < -0.3 is 29.9 Å². The lowest BCUT2D eigenvalue weighted by Crippen LogP contribution is -2.41. The number of nitriles is 1. The van der Waals surface area contributed by atoms with Crippen molar-refractivity contribution in [2.45, 2.75) is 63.6 Å². The molecule has 0 radical (unpaired) electrons. The molecule has 5 N–H and O–H groups in total. The average molecular weight is 602 g/mol. The van der Waals surface area contributed by atoms with Crippen LogP contribution in [-0.2, 0) is 29.0 Å². The van der Waals surface area contributed by atoms with E-state index < -0.39 is 50.3 Å². The minimum atomic E-state index is -4.31. The molecule has 3 heterocycles. The minimum absolute atomic E-state index is 0.136. The molecular weight excluding hydrogens is 565 g/mol. The maximum absolute atomic E-state index is 13.9. The molecule has 42 heavy (non-hydrogen) atoms. The van der Waals surface area contributed by atoms with Crippen LogP contribution in [0.1, 0.15) is 39.3 Å². The summed E-state index contributed by atoms with van der Waals surface area (Å²) in [4.78, 5) is 12.7. The highest BCUT2D eigenvalue weighted by Crippen LogP contribution is 2.47. The smallest absolute Gasteiger partial charge is 0.459 e. The number of para-hydroxylation sites is 1. The molecule has 3 aromatic rings. The molecule has 0 aliphatic carbocycles. The third-order valence-corrected chi connectivity index (χ3v) is 8.93. The number of rotatable bonds is 13. The van der Waals surface area contributed by atoms with E-state index in [9.17, 15) is 24.8 Å². The van der Waals surface area contributed by atoms with Gasteiger partial charge in [0.05, 0.1) is 30.1 Å². The van der Waals surface area contributed by atoms with Gasteiger partial charge in [0, 0.05) is 6.20 Å². The first kappa shape index (κ1) is 31.4. The van der Waals surface area contributed by atoms with Crippen molar-refractivity contribution in [1.29, 1.82) is 5.26 Å². The summed E-state index contributed by atoms with van der Waals surface area (Å²) in [6, 6.07) is 13.7. The van der Waals surface area contributed by atoms with Crippen molar-refractivity contribution < 1.29 is 38.1 Å². The fourth-order valence-corrected chi connectivity index (χ4v) is 6.16. The van der Waals surface area contributed by atoms with E-state index in [1.54, 1.807) is 42.5 Å². The van der Waals surface area contributed by atoms with Gasteiger partial charge in [-0.15, -0.1) is 0 Å². The van der Waals surface area contributed by atoms with E-state index >= 15 is 0 Å². The Bertz CT molecular complexity index is 1460. The number of nitrogens with one attached hydrogen (secondary N) is 1. The van der Waals surface area contributed by atoms with Gasteiger partial charge >= 0.3 is 13.7 Å². The maximum atomic E-state index is 13.9. The van der Waals surface area contributed by atoms with Crippen LogP contribution in [0.5, 0.6) is 5.75 Å². The van der Waals surface area contributed by atoms with Crippen molar-refractivity contribution in [3.63, 3.8) is 0 Å². The molecule has 0 spiro atoms. The molecular formula is C28H36N5O8P. The van der Waals surface area contributed by atoms with Crippen LogP contribution in [0.25, 0.3) is 5.52 Å². The van der Waals surface area contributed by atoms with Crippen molar-refractivity contribution in [2.75, 3.05) is 18.9 Å². The molecule has 1 fully saturated rings. The predicted molar refractivity (Wildman–Crippen MR) is 152 cm³/mol. The number of nitrogens with zero attached hydrogens (tertiary/aromatic N) is 3. The molecule has 1 saturated heterocycles. The van der Waals surface area contributed by atoms with E-state index in [-0.39, 0.29) is 24.0 Å². The number of aliphatic hydroxyl groups is 2. The van der Waals surface area contributed by atoms with E-state index in [0.717, 1.165) is 12.8 Å². The van der Waals surface area contributed by atoms with Crippen molar-refractivity contribution in [2.24, 2.45) is 5.92 Å². The molecule has 1 aliphatic heterocycles. The largest absolute Gasteiger partial charge is 0.464 e. The van der Waals surface area contributed by atoms with Crippen LogP contribution in [0.15, 0.2) is 54.7 Å². The SMILES string of the molecule is CCC(CC)COC(=O)C(C)NP(=O)(OCC1OC(C#N)(c2ccc3c(N)ccnn23)C(O)C1O)Oc1ccccc1. The Balaban J connectivity index is 1.53. The molecule has 0 amide bonds. The highest BCUT2D eigenvalue weighted by atomic mass is 31.2. The predicted octanol–water partition coefficient (Wildman–Crippen LogP) is 2.92. The number of esters is 1. The summed E-state index contributed by atoms with van der Waals surface area (Å²) >= 11 is 0. The van der Waals surface area contributed by atoms with Crippen molar-refractivity contribution >= 4 is 24.9 Å². The first-order valence-electron chi connectivity index (χ1n) is 13.7. The number of aromatic nitrogens is 2. The van der Waals surface area contributed by atoms with E-state index in [2.05, 4.69) is 10.2 Å². The van der Waals surface area contributed by atoms with Gasteiger partial charge in [0.1, 0.15) is 36.2 Å². The second kappa shape index (κ2) is 13.2. The van der Waals surface area contributed by atoms with Crippen molar-refractivity contribution in [3.05, 3.63) is 60.4 Å². The third kappa shape index (κ3) is 6.44. The number of hydrogen-bond donors (Lipinski definition) is 4. The third-order valence-electron chi connectivity index (χ3n) is 7.29. The van der Waals surface area contributed by atoms with Gasteiger partial charge in [0.25, 0.3) is 0 Å². The molecule has 1 aliphatic rings. The van der Waals surface area contributed by atoms with Crippen LogP contribution >= 0.6 is 7.75 Å². The molecule has 2 aromatic heterocycles. The van der Waals surface area contributed by atoms with Crippen LogP contribution < -0.4 is 15.3 Å². The normalized spacial score (nSPS) is 24.3. The number of carbonyl (C=O) groups excluding carboxylic acids is 1. The zero-order chi connectivity index (χ0) is 30.5. The van der Waals surface area contributed by atoms with Gasteiger partial charge in [0.15, 0.2) is 0 Å². The number of aliphatic hydroxyl groups excluding tert-OH is 2. The lowest BCUT2D eigenvalue weighted by atomic mass is 9.92. The second-order valence-electron chi connectivity index (χ2n) is 10.1. The lowest BCUT2D eigenvalue weighted by Gasteiger charge is -2.25. The number of nitrogen functional groups attached to an aromatic ring is 1. The van der Waals surface area contributed by atoms with Crippen molar-refractivity contribution in [1.82, 2.24) is 14.7 Å². The highest BCUT2D eigenvalue weighted by Gasteiger charge is 2.58. The van der Waals surface area contributed by atoms with E-state index in [1.165, 1.54) is 23.7 Å². The Morgan fingerprint density at radius 1 is 1.24 bits per heavy atom. The number of fused-ring (bicyclic) bond motifs is 1. The van der Waals surface area contributed by atoms with Crippen LogP contribution in [0.2, 0.25) is 0 Å². The molecule has 0 bridgehead atoms. The van der Waals surface area contributed by atoms with E-state index in [1.807, 2.05) is 19.9 Å². The second-order valence-corrected chi connectivity index (χ2v) is 11.8. The van der Waals surface area contributed by atoms with Crippen LogP contribution in [0, 0.1) is 17.2 Å². The number of benzene rings is 1. The Morgan fingerprint density at radius 3 is 2.62 bits per heavy atom. The van der Waals surface area contributed by atoms with Crippen LogP contribution in [-0.4, -0.2) is 63.4 Å². The summed E-state index contributed by atoms with van der Waals surface area (Å²) in [5.41, 5.74) is 4.95. The number of ether oxygens (including phenoxy) is 2. The Hall–Kier alpha value is -3.50. The zero-order valence-corrected chi connectivity index (χ0v) is 24.5. The summed E-state index contributed by atoms with van der Waals surface area (Å²) in [5.74, 6) is -0.263. The first-order valence-corrected chi connectivity index (χ1v) is 15.2. The fourth-order valence-electron chi connectivity index (χ4n) is 4.66. The van der Waals surface area contributed by atoms with Gasteiger partial charge in [-0.05, 0) is 43.2 Å². The van der Waals surface area contributed by atoms with Gasteiger partial charge in [0.2, 0.25) is 5.60 Å². The van der Waals surface area contributed by atoms with Crippen molar-refractivity contribution in [3.8, 4) is 11.8 Å². The standard InChI is InChI=1S/C28H36N5O8P/c1-4-19(5-2)15-38-27(36)18(3)32-42(37,41-20-9-7-6-8-10-20)39-16-23-25(34)26(35)28(17-29,40-23)24-12-11-22-21(30)13-14-31-33(22)24/h6-14,18-19,23,25-26,34-35H,4-5,15-16,30H2,1-3H3,(H,32,37). The number of anilines is 1. The highest BCUT2D eigenvalue weighted by molar-refractivity contribution is 7.52. The molecule has 0 saturated carbocycles. The summed E-state index contributed by atoms with van der Waals surface area (Å²) in [6.45, 7) is 5.10. The molecule has 14 heteroatoms. The lowest BCUT2D eigenvalue weighted by molar-refractivity contribution is -0.146. The quantitative estimate of drug-likeness (QED) is 0.166. The number of hydrogen-bond acceptors (Lipinski definition) is 11.